The number of hydrogen-bond acceptors (Lipinski definition) is 7. The van der Waals surface area contributed by atoms with Crippen molar-refractivity contribution in [1.82, 2.24) is 9.97 Å². The van der Waals surface area contributed by atoms with E-state index < -0.39 is 23.3 Å². The summed E-state index contributed by atoms with van der Waals surface area (Å²) in [5, 5.41) is 24.9. The van der Waals surface area contributed by atoms with E-state index in [1.54, 1.807) is 0 Å². The first kappa shape index (κ1) is 28.5. The van der Waals surface area contributed by atoms with Gasteiger partial charge in [0, 0.05) is 36.0 Å². The molecule has 1 aromatic heterocycles. The van der Waals surface area contributed by atoms with Crippen molar-refractivity contribution in [1.29, 1.82) is 0 Å². The van der Waals surface area contributed by atoms with Crippen molar-refractivity contribution in [2.45, 2.75) is 26.3 Å². The molecule has 10 heteroatoms. The Morgan fingerprint density at radius 3 is 2.28 bits per heavy atom. The number of carbonyl (C=O) groups is 3. The van der Waals surface area contributed by atoms with E-state index in [1.165, 1.54) is 31.5 Å². The van der Waals surface area contributed by atoms with Gasteiger partial charge in [-0.15, -0.1) is 0 Å². The average Bonchev–Trinajstić information content (AvgIpc) is 3.26. The molecular weight excluding hydrogens is 500 g/mol. The zero-order chi connectivity index (χ0) is 28.6. The van der Waals surface area contributed by atoms with Crippen LogP contribution in [0.15, 0.2) is 96.0 Å². The maximum atomic E-state index is 10.8. The molecule has 5 N–H and O–H groups in total. The quantitative estimate of drug-likeness (QED) is 0.388. The van der Waals surface area contributed by atoms with Crippen molar-refractivity contribution in [3.8, 4) is 11.1 Å². The van der Waals surface area contributed by atoms with E-state index in [-0.39, 0.29) is 18.0 Å². The van der Waals surface area contributed by atoms with Crippen molar-refractivity contribution in [2.24, 2.45) is 16.1 Å². The molecular formula is C29H28N4O6. The Kier molecular flexibility index (Phi) is 9.06. The van der Waals surface area contributed by atoms with Gasteiger partial charge >= 0.3 is 11.9 Å². The topological polar surface area (TPSA) is 176 Å². The van der Waals surface area contributed by atoms with Crippen LogP contribution >= 0.6 is 0 Å². The first-order chi connectivity index (χ1) is 18.5. The minimum Gasteiger partial charge on any atom is -0.481 e. The summed E-state index contributed by atoms with van der Waals surface area (Å²) in [5.74, 6) is -2.29. The Morgan fingerprint density at radius 2 is 1.64 bits per heavy atom. The zero-order valence-electron chi connectivity index (χ0n) is 21.4. The van der Waals surface area contributed by atoms with Crippen molar-refractivity contribution >= 4 is 23.7 Å². The van der Waals surface area contributed by atoms with Gasteiger partial charge in [-0.1, -0.05) is 60.7 Å². The first-order valence-electron chi connectivity index (χ1n) is 11.8. The minimum atomic E-state index is -1.08. The minimum absolute atomic E-state index is 0.0359. The molecule has 0 amide bonds. The molecule has 200 valence electrons. The van der Waals surface area contributed by atoms with Gasteiger partial charge < -0.3 is 21.1 Å². The second kappa shape index (κ2) is 12.4. The van der Waals surface area contributed by atoms with Crippen LogP contribution in [0.1, 0.15) is 43.0 Å². The highest BCUT2D eigenvalue weighted by atomic mass is 16.4. The number of hydrogen-bond donors (Lipinski definition) is 4. The second-order valence-corrected chi connectivity index (χ2v) is 9.03. The molecule has 39 heavy (non-hydrogen) atoms. The van der Waals surface area contributed by atoms with Gasteiger partial charge in [-0.05, 0) is 36.1 Å². The van der Waals surface area contributed by atoms with E-state index in [0.717, 1.165) is 34.7 Å². The summed E-state index contributed by atoms with van der Waals surface area (Å²) in [5.41, 5.74) is 10.5. The Labute approximate surface area is 224 Å². The molecule has 0 spiro atoms. The van der Waals surface area contributed by atoms with Gasteiger partial charge in [0.25, 0.3) is 5.97 Å². The van der Waals surface area contributed by atoms with Gasteiger partial charge in [-0.3, -0.25) is 14.6 Å². The molecule has 0 fully saturated rings. The van der Waals surface area contributed by atoms with Gasteiger partial charge in [0.05, 0.1) is 5.41 Å². The van der Waals surface area contributed by atoms with Gasteiger partial charge in [0.2, 0.25) is 0 Å². The second-order valence-electron chi connectivity index (χ2n) is 9.03. The number of benzene rings is 2. The molecule has 2 atom stereocenters. The molecule has 1 aliphatic heterocycles. The highest BCUT2D eigenvalue weighted by Crippen LogP contribution is 2.35. The molecule has 2 heterocycles. The molecule has 0 saturated heterocycles. The molecule has 0 saturated carbocycles. The molecule has 1 aliphatic carbocycles. The van der Waals surface area contributed by atoms with Gasteiger partial charge in [0.15, 0.2) is 0 Å². The van der Waals surface area contributed by atoms with Gasteiger partial charge in [0.1, 0.15) is 18.2 Å². The van der Waals surface area contributed by atoms with Crippen LogP contribution in [0.2, 0.25) is 0 Å². The van der Waals surface area contributed by atoms with Crippen molar-refractivity contribution < 1.29 is 29.7 Å². The predicted octanol–water partition coefficient (Wildman–Crippen LogP) is 4.09. The number of aromatic nitrogens is 2. The highest BCUT2D eigenvalue weighted by molar-refractivity contribution is 6.01. The lowest BCUT2D eigenvalue weighted by Gasteiger charge is -2.23. The third-order valence-electron chi connectivity index (χ3n) is 5.98. The number of carboxylic acids is 3. The summed E-state index contributed by atoms with van der Waals surface area (Å²) >= 11 is 0. The summed E-state index contributed by atoms with van der Waals surface area (Å²) in [6.45, 7) is 2.59. The van der Waals surface area contributed by atoms with E-state index in [2.05, 4.69) is 39.2 Å². The fourth-order valence-corrected chi connectivity index (χ4v) is 4.02. The summed E-state index contributed by atoms with van der Waals surface area (Å²) < 4.78 is 0. The number of aliphatic imine (C=N–C) groups is 1. The number of amidine groups is 1. The fourth-order valence-electron chi connectivity index (χ4n) is 4.02. The SMILES string of the molecule is CC(=O)O.CC1(C(=O)O)C=CC=C(C(=O)O)C1.NC1=NC(c2cccc(-c3cncnc3)c2)c2ccccc21. The van der Waals surface area contributed by atoms with Gasteiger partial charge in [-0.25, -0.2) is 14.8 Å². The molecule has 0 bridgehead atoms. The number of allylic oxidation sites excluding steroid dienone is 2. The monoisotopic (exact) mass is 528 g/mol. The number of aliphatic carboxylic acids is 3. The third kappa shape index (κ3) is 7.22. The van der Waals surface area contributed by atoms with Crippen LogP contribution in [0.4, 0.5) is 0 Å². The molecule has 2 unspecified atom stereocenters. The fraction of sp³-hybridized carbons (Fsp3) is 0.172. The third-order valence-corrected chi connectivity index (χ3v) is 5.98. The average molecular weight is 529 g/mol. The van der Waals surface area contributed by atoms with Crippen molar-refractivity contribution in [3.63, 3.8) is 0 Å². The van der Waals surface area contributed by atoms with Crippen LogP contribution in [0.3, 0.4) is 0 Å². The summed E-state index contributed by atoms with van der Waals surface area (Å²) in [4.78, 5) is 43.1. The van der Waals surface area contributed by atoms with Crippen LogP contribution in [0, 0.1) is 5.41 Å². The van der Waals surface area contributed by atoms with E-state index in [0.29, 0.717) is 5.84 Å². The summed E-state index contributed by atoms with van der Waals surface area (Å²) in [6.07, 6.45) is 9.59. The number of fused-ring (bicyclic) bond motifs is 1. The van der Waals surface area contributed by atoms with Crippen LogP contribution < -0.4 is 5.73 Å². The van der Waals surface area contributed by atoms with Gasteiger partial charge in [-0.2, -0.15) is 0 Å². The molecule has 10 nitrogen and oxygen atoms in total. The van der Waals surface area contributed by atoms with E-state index in [1.807, 2.05) is 36.7 Å². The number of rotatable bonds is 4. The molecule has 2 aliphatic rings. The van der Waals surface area contributed by atoms with E-state index >= 15 is 0 Å². The van der Waals surface area contributed by atoms with Crippen LogP contribution in [-0.2, 0) is 14.4 Å². The Bertz CT molecular complexity index is 1460. The lowest BCUT2D eigenvalue weighted by atomic mass is 9.80. The standard InChI is InChI=1S/C18H14N4.C9H10O4.C2H4O2/c19-18-16-7-2-1-6-15(16)17(22-18)13-5-3-4-12(8-13)14-9-20-11-21-10-14;1-9(8(12)13)4-2-3-6(5-9)7(10)11;1-2(3)4/h1-11,17H,(H2,19,22);2-4H,5H2,1H3,(H,10,11)(H,12,13);1H3,(H,3,4). The molecule has 5 rings (SSSR count). The molecule has 2 aromatic carbocycles. The lowest BCUT2D eigenvalue weighted by molar-refractivity contribution is -0.145. The van der Waals surface area contributed by atoms with Crippen LogP contribution in [-0.4, -0.2) is 49.0 Å². The maximum Gasteiger partial charge on any atom is 0.331 e. The maximum absolute atomic E-state index is 10.8. The Hall–Kier alpha value is -5.12. The smallest absolute Gasteiger partial charge is 0.331 e. The van der Waals surface area contributed by atoms with Crippen molar-refractivity contribution in [3.05, 3.63) is 108 Å². The normalized spacial score (nSPS) is 18.7. The number of carboxylic acid groups (broad SMARTS) is 3. The molecule has 3 aromatic rings. The Morgan fingerprint density at radius 1 is 0.974 bits per heavy atom. The number of nitrogens with two attached hydrogens (primary N) is 1. The zero-order valence-corrected chi connectivity index (χ0v) is 21.4. The van der Waals surface area contributed by atoms with E-state index in [4.69, 9.17) is 25.8 Å². The first-order valence-corrected chi connectivity index (χ1v) is 11.8. The van der Waals surface area contributed by atoms with Crippen molar-refractivity contribution in [2.75, 3.05) is 0 Å². The largest absolute Gasteiger partial charge is 0.481 e. The van der Waals surface area contributed by atoms with E-state index in [9.17, 15) is 9.59 Å². The summed E-state index contributed by atoms with van der Waals surface area (Å²) in [6, 6.07) is 16.4. The highest BCUT2D eigenvalue weighted by Gasteiger charge is 2.34. The predicted molar refractivity (Wildman–Crippen MR) is 145 cm³/mol. The number of nitrogens with zero attached hydrogens (tertiary/aromatic N) is 3. The van der Waals surface area contributed by atoms with Crippen LogP contribution in [0.25, 0.3) is 11.1 Å². The molecule has 0 radical (unpaired) electrons. The Balaban J connectivity index is 0.000000211. The summed E-state index contributed by atoms with van der Waals surface area (Å²) in [7, 11) is 0. The lowest BCUT2D eigenvalue weighted by Crippen LogP contribution is -2.28. The van der Waals surface area contributed by atoms with Crippen LogP contribution in [0.5, 0.6) is 0 Å².